The van der Waals surface area contributed by atoms with E-state index in [1.807, 2.05) is 5.38 Å². The first-order valence-corrected chi connectivity index (χ1v) is 8.35. The minimum atomic E-state index is 0.319. The van der Waals surface area contributed by atoms with Crippen LogP contribution in [0, 0.1) is 0 Å². The molecule has 0 aromatic carbocycles. The van der Waals surface area contributed by atoms with E-state index in [9.17, 15) is 0 Å². The van der Waals surface area contributed by atoms with Crippen LogP contribution in [-0.4, -0.2) is 29.9 Å². The van der Waals surface area contributed by atoms with E-state index < -0.39 is 0 Å². The maximum absolute atomic E-state index is 5.95. The largest absolute Gasteiger partial charge is 0.378 e. The Morgan fingerprint density at radius 2 is 2.16 bits per heavy atom. The van der Waals surface area contributed by atoms with Gasteiger partial charge in [-0.15, -0.1) is 22.9 Å². The molecule has 19 heavy (non-hydrogen) atoms. The van der Waals surface area contributed by atoms with Crippen molar-refractivity contribution in [2.24, 2.45) is 0 Å². The van der Waals surface area contributed by atoms with Crippen molar-refractivity contribution in [3.8, 4) is 0 Å². The summed E-state index contributed by atoms with van der Waals surface area (Å²) in [4.78, 5) is 4.45. The van der Waals surface area contributed by atoms with Crippen LogP contribution in [0.2, 0.25) is 0 Å². The van der Waals surface area contributed by atoms with Gasteiger partial charge in [0.05, 0.1) is 34.9 Å². The third kappa shape index (κ3) is 5.03. The third-order valence-corrected chi connectivity index (χ3v) is 4.51. The average molecular weight is 304 g/mol. The molecule has 2 rings (SSSR count). The fourth-order valence-electron chi connectivity index (χ4n) is 2.48. The Balaban J connectivity index is 1.63. The van der Waals surface area contributed by atoms with Crippen LogP contribution < -0.4 is 0 Å². The van der Waals surface area contributed by atoms with Crippen molar-refractivity contribution in [3.05, 3.63) is 16.1 Å². The van der Waals surface area contributed by atoms with Crippen LogP contribution in [0.15, 0.2) is 5.38 Å². The van der Waals surface area contributed by atoms with Gasteiger partial charge in [0.2, 0.25) is 0 Å². The van der Waals surface area contributed by atoms with Gasteiger partial charge in [-0.1, -0.05) is 0 Å². The van der Waals surface area contributed by atoms with Gasteiger partial charge in [0.25, 0.3) is 0 Å². The minimum absolute atomic E-state index is 0.319. The second-order valence-corrected chi connectivity index (χ2v) is 6.40. The molecule has 108 valence electrons. The monoisotopic (exact) mass is 303 g/mol. The maximum atomic E-state index is 5.95. The molecule has 0 saturated carbocycles. The van der Waals surface area contributed by atoms with Gasteiger partial charge in [-0.2, -0.15) is 0 Å². The summed E-state index contributed by atoms with van der Waals surface area (Å²) in [5, 5.41) is 3.19. The highest BCUT2D eigenvalue weighted by Crippen LogP contribution is 2.22. The molecule has 1 saturated heterocycles. The highest BCUT2D eigenvalue weighted by molar-refractivity contribution is 7.09. The molecule has 2 unspecified atom stereocenters. The molecule has 1 fully saturated rings. The van der Waals surface area contributed by atoms with Crippen molar-refractivity contribution in [3.63, 3.8) is 0 Å². The zero-order chi connectivity index (χ0) is 13.7. The summed E-state index contributed by atoms with van der Waals surface area (Å²) in [5.74, 6) is 0.505. The molecular weight excluding hydrogens is 282 g/mol. The van der Waals surface area contributed by atoms with E-state index in [1.165, 1.54) is 0 Å². The van der Waals surface area contributed by atoms with Crippen LogP contribution in [0.4, 0.5) is 0 Å². The number of hydrogen-bond donors (Lipinski definition) is 0. The highest BCUT2D eigenvalue weighted by Gasteiger charge is 2.24. The summed E-state index contributed by atoms with van der Waals surface area (Å²) in [6.45, 7) is 5.05. The molecular formula is C14H22ClNO2S. The summed E-state index contributed by atoms with van der Waals surface area (Å²) in [6.07, 6.45) is 5.02. The van der Waals surface area contributed by atoms with Crippen LogP contribution in [-0.2, 0) is 21.8 Å². The van der Waals surface area contributed by atoms with Gasteiger partial charge in [0.1, 0.15) is 0 Å². The number of halogens is 1. The Labute approximate surface area is 124 Å². The molecule has 2 heterocycles. The summed E-state index contributed by atoms with van der Waals surface area (Å²) < 4.78 is 11.7. The van der Waals surface area contributed by atoms with Gasteiger partial charge in [-0.3, -0.25) is 0 Å². The van der Waals surface area contributed by atoms with E-state index in [0.29, 0.717) is 24.2 Å². The van der Waals surface area contributed by atoms with Gasteiger partial charge in [-0.25, -0.2) is 4.98 Å². The van der Waals surface area contributed by atoms with Crippen molar-refractivity contribution in [2.45, 2.75) is 63.7 Å². The normalized spacial score (nSPS) is 27.6. The van der Waals surface area contributed by atoms with Gasteiger partial charge in [0, 0.05) is 18.4 Å². The molecule has 0 aliphatic carbocycles. The Morgan fingerprint density at radius 3 is 2.79 bits per heavy atom. The number of nitrogens with zero attached hydrogens (tertiary/aromatic N) is 1. The van der Waals surface area contributed by atoms with Crippen LogP contribution >= 0.6 is 22.9 Å². The average Bonchev–Trinajstić information content (AvgIpc) is 2.81. The quantitative estimate of drug-likeness (QED) is 0.592. The Bertz CT molecular complexity index is 375. The van der Waals surface area contributed by atoms with Crippen LogP contribution in [0.1, 0.15) is 43.8 Å². The molecule has 2 atom stereocenters. The molecule has 5 heteroatoms. The summed E-state index contributed by atoms with van der Waals surface area (Å²) in [6, 6.07) is 0. The van der Waals surface area contributed by atoms with Gasteiger partial charge < -0.3 is 9.47 Å². The van der Waals surface area contributed by atoms with E-state index >= 15 is 0 Å². The predicted molar refractivity (Wildman–Crippen MR) is 79.0 cm³/mol. The minimum Gasteiger partial charge on any atom is -0.378 e. The SMILES string of the molecule is CC1CC(OCCCc2nc(CCl)cs2)CC(C)O1. The standard InChI is InChI=1S/C14H22ClNO2S/c1-10-6-13(7-11(2)18-10)17-5-3-4-14-16-12(8-15)9-19-14/h9-11,13H,3-8H2,1-2H3. The second kappa shape index (κ2) is 7.58. The van der Waals surface area contributed by atoms with Crippen molar-refractivity contribution in [2.75, 3.05) is 6.61 Å². The summed E-state index contributed by atoms with van der Waals surface area (Å²) >= 11 is 7.43. The molecule has 3 nitrogen and oxygen atoms in total. The topological polar surface area (TPSA) is 31.4 Å². The van der Waals surface area contributed by atoms with Crippen molar-refractivity contribution in [1.29, 1.82) is 0 Å². The van der Waals surface area contributed by atoms with Crippen LogP contribution in [0.3, 0.4) is 0 Å². The van der Waals surface area contributed by atoms with Crippen LogP contribution in [0.5, 0.6) is 0 Å². The first kappa shape index (κ1) is 15.2. The lowest BCUT2D eigenvalue weighted by Gasteiger charge is -2.31. The number of aromatic nitrogens is 1. The molecule has 1 aromatic rings. The number of ether oxygens (including phenoxy) is 2. The molecule has 0 radical (unpaired) electrons. The first-order valence-electron chi connectivity index (χ1n) is 6.93. The fourth-order valence-corrected chi connectivity index (χ4v) is 3.55. The number of thiazole rings is 1. The Hall–Kier alpha value is -0.160. The lowest BCUT2D eigenvalue weighted by molar-refractivity contribution is -0.102. The lowest BCUT2D eigenvalue weighted by atomic mass is 10.0. The second-order valence-electron chi connectivity index (χ2n) is 5.19. The van der Waals surface area contributed by atoms with Gasteiger partial charge in [-0.05, 0) is 33.1 Å². The fraction of sp³-hybridized carbons (Fsp3) is 0.786. The smallest absolute Gasteiger partial charge is 0.0929 e. The van der Waals surface area contributed by atoms with Crippen LogP contribution in [0.25, 0.3) is 0 Å². The Kier molecular flexibility index (Phi) is 6.07. The number of hydrogen-bond acceptors (Lipinski definition) is 4. The molecule has 0 bridgehead atoms. The summed E-state index contributed by atoms with van der Waals surface area (Å²) in [5.41, 5.74) is 0.981. The number of aryl methyl sites for hydroxylation is 1. The van der Waals surface area contributed by atoms with Crippen molar-refractivity contribution in [1.82, 2.24) is 4.98 Å². The third-order valence-electron chi connectivity index (χ3n) is 3.28. The van der Waals surface area contributed by atoms with E-state index in [2.05, 4.69) is 18.8 Å². The van der Waals surface area contributed by atoms with Crippen molar-refractivity contribution < 1.29 is 9.47 Å². The summed E-state index contributed by atoms with van der Waals surface area (Å²) in [7, 11) is 0. The maximum Gasteiger partial charge on any atom is 0.0929 e. The first-order chi connectivity index (χ1) is 9.17. The van der Waals surface area contributed by atoms with Crippen molar-refractivity contribution >= 4 is 22.9 Å². The van der Waals surface area contributed by atoms with Gasteiger partial charge in [0.15, 0.2) is 0 Å². The Morgan fingerprint density at radius 1 is 1.42 bits per heavy atom. The highest BCUT2D eigenvalue weighted by atomic mass is 35.5. The molecule has 1 aliphatic rings. The van der Waals surface area contributed by atoms with E-state index in [0.717, 1.165) is 43.0 Å². The molecule has 0 spiro atoms. The number of alkyl halides is 1. The van der Waals surface area contributed by atoms with E-state index in [1.54, 1.807) is 11.3 Å². The zero-order valence-corrected chi connectivity index (χ0v) is 13.2. The lowest BCUT2D eigenvalue weighted by Crippen LogP contribution is -2.34. The number of rotatable bonds is 6. The van der Waals surface area contributed by atoms with E-state index in [4.69, 9.17) is 21.1 Å². The van der Waals surface area contributed by atoms with E-state index in [-0.39, 0.29) is 0 Å². The molecule has 1 aromatic heterocycles. The molecule has 1 aliphatic heterocycles. The predicted octanol–water partition coefficient (Wildman–Crippen LogP) is 3.79. The molecule has 0 N–H and O–H groups in total. The molecule has 0 amide bonds. The van der Waals surface area contributed by atoms with Gasteiger partial charge >= 0.3 is 0 Å². The zero-order valence-electron chi connectivity index (χ0n) is 11.6.